The number of hydrogen-bond donors (Lipinski definition) is 2. The van der Waals surface area contributed by atoms with E-state index in [2.05, 4.69) is 5.32 Å². The van der Waals surface area contributed by atoms with Crippen LogP contribution in [0.15, 0.2) is 0 Å². The van der Waals surface area contributed by atoms with Gasteiger partial charge in [0, 0.05) is 0 Å². The van der Waals surface area contributed by atoms with E-state index < -0.39 is 6.10 Å². The van der Waals surface area contributed by atoms with Crippen LogP contribution in [-0.2, 0) is 4.79 Å². The molecule has 0 spiro atoms. The van der Waals surface area contributed by atoms with Crippen LogP contribution in [0.4, 0.5) is 0 Å². The Hall–Kier alpha value is -0.570. The lowest BCUT2D eigenvalue weighted by molar-refractivity contribution is -0.136. The normalized spacial score (nSPS) is 31.5. The summed E-state index contributed by atoms with van der Waals surface area (Å²) >= 11 is 0. The molecule has 0 bridgehead atoms. The average molecular weight is 87.1 g/mol. The lowest BCUT2D eigenvalue weighted by Crippen LogP contribution is -2.52. The zero-order valence-electron chi connectivity index (χ0n) is 3.14. The number of aliphatic hydroxyl groups is 1. The summed E-state index contributed by atoms with van der Waals surface area (Å²) in [7, 11) is 0. The maximum absolute atomic E-state index is 9.87. The minimum atomic E-state index is -0.718. The number of β-lactam (4-membered cyclic amide) rings is 1. The van der Waals surface area contributed by atoms with Crippen molar-refractivity contribution >= 4 is 5.91 Å². The van der Waals surface area contributed by atoms with Gasteiger partial charge in [0.15, 0.2) is 0 Å². The van der Waals surface area contributed by atoms with E-state index in [1.165, 1.54) is 0 Å². The summed E-state index contributed by atoms with van der Waals surface area (Å²) in [6.45, 7) is 0.429. The Morgan fingerprint density at radius 2 is 2.50 bits per heavy atom. The van der Waals surface area contributed by atoms with E-state index in [-0.39, 0.29) is 5.91 Å². The maximum atomic E-state index is 9.87. The van der Waals surface area contributed by atoms with Gasteiger partial charge in [-0.3, -0.25) is 4.79 Å². The fourth-order valence-corrected chi connectivity index (χ4v) is 0.277. The molecular formula is C3H5NO2. The second-order valence-electron chi connectivity index (χ2n) is 1.26. The minimum Gasteiger partial charge on any atom is -0.381 e. The predicted octanol–water partition coefficient (Wildman–Crippen LogP) is -1.52. The molecule has 1 saturated heterocycles. The van der Waals surface area contributed by atoms with Gasteiger partial charge in [-0.25, -0.2) is 0 Å². The Morgan fingerprint density at radius 3 is 2.50 bits per heavy atom. The van der Waals surface area contributed by atoms with Crippen LogP contribution < -0.4 is 5.32 Å². The molecular weight excluding hydrogens is 82.0 g/mol. The van der Waals surface area contributed by atoms with E-state index in [4.69, 9.17) is 5.11 Å². The molecule has 0 unspecified atom stereocenters. The van der Waals surface area contributed by atoms with Gasteiger partial charge in [-0.15, -0.1) is 0 Å². The standard InChI is InChI=1S/C3H5NO2/c5-2-1-4-3(2)6/h2,5H,1H2,(H,4,6)/t2-/m0/s1. The van der Waals surface area contributed by atoms with E-state index in [9.17, 15) is 4.79 Å². The zero-order chi connectivity index (χ0) is 4.57. The fourth-order valence-electron chi connectivity index (χ4n) is 0.277. The van der Waals surface area contributed by atoms with Crippen LogP contribution >= 0.6 is 0 Å². The van der Waals surface area contributed by atoms with Gasteiger partial charge in [0.25, 0.3) is 5.91 Å². The Balaban J connectivity index is 2.39. The zero-order valence-corrected chi connectivity index (χ0v) is 3.14. The Bertz CT molecular complexity index is 80.9. The summed E-state index contributed by atoms with van der Waals surface area (Å²) < 4.78 is 0. The molecule has 1 amide bonds. The molecule has 3 heteroatoms. The molecule has 1 atom stereocenters. The number of carbonyl (C=O) groups is 1. The van der Waals surface area contributed by atoms with Crippen LogP contribution in [-0.4, -0.2) is 23.7 Å². The summed E-state index contributed by atoms with van der Waals surface area (Å²) in [6, 6.07) is 0. The number of rotatable bonds is 0. The number of nitrogens with one attached hydrogen (secondary N) is 1. The molecule has 1 fully saturated rings. The molecule has 1 aliphatic heterocycles. The first-order chi connectivity index (χ1) is 2.80. The topological polar surface area (TPSA) is 49.3 Å². The van der Waals surface area contributed by atoms with Crippen LogP contribution in [0.3, 0.4) is 0 Å². The average Bonchev–Trinajstić information content (AvgIpc) is 1.61. The van der Waals surface area contributed by atoms with Crippen molar-refractivity contribution < 1.29 is 9.90 Å². The minimum absolute atomic E-state index is 0.255. The van der Waals surface area contributed by atoms with Gasteiger partial charge in [0.1, 0.15) is 6.10 Å². The van der Waals surface area contributed by atoms with Crippen molar-refractivity contribution in [2.75, 3.05) is 6.54 Å². The molecule has 3 nitrogen and oxygen atoms in total. The van der Waals surface area contributed by atoms with Crippen molar-refractivity contribution in [3.63, 3.8) is 0 Å². The number of carbonyl (C=O) groups excluding carboxylic acids is 1. The molecule has 2 N–H and O–H groups in total. The van der Waals surface area contributed by atoms with E-state index >= 15 is 0 Å². The molecule has 1 aliphatic rings. The van der Waals surface area contributed by atoms with E-state index in [1.54, 1.807) is 0 Å². The lowest BCUT2D eigenvalue weighted by atomic mass is 10.2. The molecule has 0 saturated carbocycles. The highest BCUT2D eigenvalue weighted by Gasteiger charge is 2.23. The van der Waals surface area contributed by atoms with Crippen molar-refractivity contribution in [2.24, 2.45) is 0 Å². The smallest absolute Gasteiger partial charge is 0.250 e. The van der Waals surface area contributed by atoms with Crippen molar-refractivity contribution in [1.82, 2.24) is 5.32 Å². The van der Waals surface area contributed by atoms with E-state index in [1.807, 2.05) is 0 Å². The van der Waals surface area contributed by atoms with Gasteiger partial charge in [-0.2, -0.15) is 0 Å². The number of amides is 1. The summed E-state index contributed by atoms with van der Waals surface area (Å²) in [5.41, 5.74) is 0. The van der Waals surface area contributed by atoms with Crippen molar-refractivity contribution in [2.45, 2.75) is 6.10 Å². The van der Waals surface area contributed by atoms with Gasteiger partial charge < -0.3 is 10.4 Å². The number of aliphatic hydroxyl groups excluding tert-OH is 1. The maximum Gasteiger partial charge on any atom is 0.250 e. The van der Waals surface area contributed by atoms with Crippen molar-refractivity contribution in [1.29, 1.82) is 0 Å². The third-order valence-electron chi connectivity index (χ3n) is 0.772. The molecule has 0 aromatic heterocycles. The molecule has 0 aliphatic carbocycles. The molecule has 0 aromatic carbocycles. The van der Waals surface area contributed by atoms with Gasteiger partial charge in [-0.05, 0) is 0 Å². The molecule has 1 heterocycles. The second-order valence-corrected chi connectivity index (χ2v) is 1.26. The highest BCUT2D eigenvalue weighted by atomic mass is 16.3. The van der Waals surface area contributed by atoms with Gasteiger partial charge in [-0.1, -0.05) is 0 Å². The van der Waals surface area contributed by atoms with Crippen LogP contribution in [0.25, 0.3) is 0 Å². The Kier molecular flexibility index (Phi) is 0.569. The molecule has 0 aromatic rings. The number of β-amino-alcohol motifs (C(OH)–C–C–N with tert-alkyl or cyclic N) is 1. The summed E-state index contributed by atoms with van der Waals surface area (Å²) in [5, 5.41) is 10.7. The predicted molar refractivity (Wildman–Crippen MR) is 19.0 cm³/mol. The molecule has 6 heavy (non-hydrogen) atoms. The lowest BCUT2D eigenvalue weighted by Gasteiger charge is -2.19. The Labute approximate surface area is 35.0 Å². The van der Waals surface area contributed by atoms with Crippen LogP contribution in [0.2, 0.25) is 0 Å². The first-order valence-electron chi connectivity index (χ1n) is 1.76. The molecule has 1 rings (SSSR count). The monoisotopic (exact) mass is 87.0 g/mol. The SMILES string of the molecule is O=C1NC[C@@H]1O. The van der Waals surface area contributed by atoms with E-state index in [0.717, 1.165) is 0 Å². The van der Waals surface area contributed by atoms with Gasteiger partial charge in [0.05, 0.1) is 6.54 Å². The van der Waals surface area contributed by atoms with Gasteiger partial charge in [0.2, 0.25) is 0 Å². The quantitative estimate of drug-likeness (QED) is 0.352. The van der Waals surface area contributed by atoms with Gasteiger partial charge >= 0.3 is 0 Å². The van der Waals surface area contributed by atoms with Crippen molar-refractivity contribution in [3.8, 4) is 0 Å². The highest BCUT2D eigenvalue weighted by Crippen LogP contribution is 1.89. The summed E-state index contributed by atoms with van der Waals surface area (Å²) in [6.07, 6.45) is -0.718. The highest BCUT2D eigenvalue weighted by molar-refractivity contribution is 5.86. The first-order valence-corrected chi connectivity index (χ1v) is 1.76. The van der Waals surface area contributed by atoms with Crippen molar-refractivity contribution in [3.05, 3.63) is 0 Å². The Morgan fingerprint density at radius 1 is 2.00 bits per heavy atom. The largest absolute Gasteiger partial charge is 0.381 e. The second kappa shape index (κ2) is 0.944. The van der Waals surface area contributed by atoms with Crippen LogP contribution in [0, 0.1) is 0 Å². The fraction of sp³-hybridized carbons (Fsp3) is 0.667. The van der Waals surface area contributed by atoms with Crippen LogP contribution in [0.5, 0.6) is 0 Å². The number of hydrogen-bond acceptors (Lipinski definition) is 2. The first kappa shape index (κ1) is 3.61. The third kappa shape index (κ3) is 0.285. The van der Waals surface area contributed by atoms with E-state index in [0.29, 0.717) is 6.54 Å². The molecule has 0 radical (unpaired) electrons. The van der Waals surface area contributed by atoms with Crippen LogP contribution in [0.1, 0.15) is 0 Å². The molecule has 34 valence electrons. The summed E-state index contributed by atoms with van der Waals surface area (Å²) in [5.74, 6) is -0.255. The third-order valence-corrected chi connectivity index (χ3v) is 0.772. The summed E-state index contributed by atoms with van der Waals surface area (Å²) in [4.78, 5) is 9.87.